The van der Waals surface area contributed by atoms with Gasteiger partial charge < -0.3 is 10.0 Å². The van der Waals surface area contributed by atoms with Gasteiger partial charge in [0.15, 0.2) is 5.60 Å². The van der Waals surface area contributed by atoms with Crippen molar-refractivity contribution in [1.29, 1.82) is 0 Å². The maximum atomic E-state index is 13.6. The minimum absolute atomic E-state index is 0.109. The summed E-state index contributed by atoms with van der Waals surface area (Å²) in [6.07, 6.45) is -1.47. The SMILES string of the molecule is Cc1c(C(=O)N2CC3CCC(C2)C(O)(C(F)(F)F)C3)cnn1-c1nn2cccc2c(=O)[nH]1. The summed E-state index contributed by atoms with van der Waals surface area (Å²) in [5.41, 5.74) is -2.20. The Bertz CT molecular complexity index is 1260. The van der Waals surface area contributed by atoms with E-state index in [2.05, 4.69) is 15.2 Å². The molecule has 1 aliphatic carbocycles. The Hall–Kier alpha value is -3.15. The second-order valence-corrected chi connectivity index (χ2v) is 8.65. The van der Waals surface area contributed by atoms with E-state index < -0.39 is 35.9 Å². The van der Waals surface area contributed by atoms with Crippen molar-refractivity contribution in [2.45, 2.75) is 38.0 Å². The number of carbonyl (C=O) groups excluding carboxylic acids is 1. The molecule has 5 heterocycles. The molecular formula is C20H21F3N6O3. The molecule has 9 nitrogen and oxygen atoms in total. The van der Waals surface area contributed by atoms with Crippen molar-refractivity contribution in [1.82, 2.24) is 29.3 Å². The average molecular weight is 450 g/mol. The predicted octanol–water partition coefficient (Wildman–Crippen LogP) is 1.68. The summed E-state index contributed by atoms with van der Waals surface area (Å²) in [4.78, 5) is 29.5. The normalized spacial score (nSPS) is 26.0. The molecule has 3 unspecified atom stereocenters. The molecular weight excluding hydrogens is 429 g/mol. The Morgan fingerprint density at radius 2 is 2.09 bits per heavy atom. The Morgan fingerprint density at radius 1 is 1.31 bits per heavy atom. The summed E-state index contributed by atoms with van der Waals surface area (Å²) in [5, 5.41) is 18.9. The van der Waals surface area contributed by atoms with E-state index in [0.717, 1.165) is 0 Å². The number of aromatic nitrogens is 5. The van der Waals surface area contributed by atoms with Crippen LogP contribution in [0.3, 0.4) is 0 Å². The molecule has 12 heteroatoms. The van der Waals surface area contributed by atoms with Gasteiger partial charge in [-0.25, -0.2) is 9.20 Å². The standard InChI is InChI=1S/C20H21F3N6O3/c1-11-14(8-24-29(11)18-25-16(30)15-3-2-6-28(15)26-18)17(31)27-9-12-4-5-13(10-27)19(32,7-12)20(21,22)23/h2-3,6,8,12-13,32H,4-5,7,9-10H2,1H3,(H,25,26,30). The maximum absolute atomic E-state index is 13.6. The molecule has 2 bridgehead atoms. The first-order valence-electron chi connectivity index (χ1n) is 10.3. The van der Waals surface area contributed by atoms with Crippen molar-refractivity contribution in [2.75, 3.05) is 13.1 Å². The highest BCUT2D eigenvalue weighted by atomic mass is 19.4. The van der Waals surface area contributed by atoms with Crippen LogP contribution in [0.5, 0.6) is 0 Å². The predicted molar refractivity (Wildman–Crippen MR) is 105 cm³/mol. The van der Waals surface area contributed by atoms with Gasteiger partial charge in [0.25, 0.3) is 11.5 Å². The van der Waals surface area contributed by atoms with Crippen LogP contribution in [0.1, 0.15) is 35.3 Å². The van der Waals surface area contributed by atoms with Gasteiger partial charge in [-0.2, -0.15) is 18.3 Å². The van der Waals surface area contributed by atoms with Crippen LogP contribution in [-0.4, -0.2) is 65.2 Å². The van der Waals surface area contributed by atoms with Gasteiger partial charge in [-0.15, -0.1) is 5.10 Å². The van der Waals surface area contributed by atoms with Gasteiger partial charge >= 0.3 is 6.18 Å². The summed E-state index contributed by atoms with van der Waals surface area (Å²) in [5.74, 6) is -1.86. The van der Waals surface area contributed by atoms with E-state index >= 15 is 0 Å². The Kier molecular flexibility index (Phi) is 4.49. The summed E-state index contributed by atoms with van der Waals surface area (Å²) < 4.78 is 43.5. The molecule has 3 aromatic rings. The molecule has 0 aromatic carbocycles. The number of nitrogens with one attached hydrogen (secondary N) is 1. The van der Waals surface area contributed by atoms with E-state index in [-0.39, 0.29) is 36.6 Å². The lowest BCUT2D eigenvalue weighted by Crippen LogP contribution is -2.55. The average Bonchev–Trinajstić information content (AvgIpc) is 3.25. The molecule has 1 amide bonds. The lowest BCUT2D eigenvalue weighted by atomic mass is 9.71. The van der Waals surface area contributed by atoms with Gasteiger partial charge in [0.05, 0.1) is 17.5 Å². The monoisotopic (exact) mass is 450 g/mol. The van der Waals surface area contributed by atoms with Crippen LogP contribution in [-0.2, 0) is 0 Å². The fraction of sp³-hybridized carbons (Fsp3) is 0.500. The zero-order valence-electron chi connectivity index (χ0n) is 17.1. The van der Waals surface area contributed by atoms with Gasteiger partial charge in [-0.3, -0.25) is 14.6 Å². The van der Waals surface area contributed by atoms with Crippen LogP contribution >= 0.6 is 0 Å². The molecule has 170 valence electrons. The smallest absolute Gasteiger partial charge is 0.380 e. The second kappa shape index (κ2) is 6.92. The molecule has 3 aromatic heterocycles. The highest BCUT2D eigenvalue weighted by Crippen LogP contribution is 2.49. The Morgan fingerprint density at radius 3 is 2.84 bits per heavy atom. The highest BCUT2D eigenvalue weighted by molar-refractivity contribution is 5.95. The molecule has 2 saturated heterocycles. The van der Waals surface area contributed by atoms with Crippen LogP contribution in [0.25, 0.3) is 11.5 Å². The zero-order chi connectivity index (χ0) is 22.8. The van der Waals surface area contributed by atoms with Crippen LogP contribution in [0.4, 0.5) is 13.2 Å². The summed E-state index contributed by atoms with van der Waals surface area (Å²) in [6, 6.07) is 3.28. The first-order valence-corrected chi connectivity index (χ1v) is 10.3. The molecule has 6 rings (SSSR count). The zero-order valence-corrected chi connectivity index (χ0v) is 17.1. The summed E-state index contributed by atoms with van der Waals surface area (Å²) in [6.45, 7) is 1.59. The van der Waals surface area contributed by atoms with Gasteiger partial charge in [0.1, 0.15) is 5.52 Å². The summed E-state index contributed by atoms with van der Waals surface area (Å²) >= 11 is 0. The Labute approximate surface area is 179 Å². The van der Waals surface area contributed by atoms with Gasteiger partial charge in [-0.05, 0) is 44.2 Å². The number of nitrogens with zero attached hydrogens (tertiary/aromatic N) is 5. The number of alkyl halides is 3. The fourth-order valence-corrected chi connectivity index (χ4v) is 4.98. The van der Waals surface area contributed by atoms with E-state index in [4.69, 9.17) is 0 Å². The number of fused-ring (bicyclic) bond motifs is 5. The van der Waals surface area contributed by atoms with E-state index in [0.29, 0.717) is 17.6 Å². The lowest BCUT2D eigenvalue weighted by molar-refractivity contribution is -0.289. The number of H-pyrrole nitrogens is 1. The molecule has 32 heavy (non-hydrogen) atoms. The number of halogens is 3. The largest absolute Gasteiger partial charge is 0.417 e. The van der Waals surface area contributed by atoms with E-state index in [1.54, 1.807) is 25.3 Å². The number of carbonyl (C=O) groups is 1. The number of hydrogen-bond donors (Lipinski definition) is 2. The maximum Gasteiger partial charge on any atom is 0.417 e. The third-order valence-electron chi connectivity index (χ3n) is 6.73. The number of aromatic amines is 1. The first-order chi connectivity index (χ1) is 15.1. The van der Waals surface area contributed by atoms with Crippen molar-refractivity contribution in [3.63, 3.8) is 0 Å². The molecule has 2 N–H and O–H groups in total. The third kappa shape index (κ3) is 3.04. The van der Waals surface area contributed by atoms with Crippen molar-refractivity contribution in [3.8, 4) is 5.95 Å². The molecule has 3 atom stereocenters. The van der Waals surface area contributed by atoms with Crippen molar-refractivity contribution < 1.29 is 23.1 Å². The lowest BCUT2D eigenvalue weighted by Gasteiger charge is -2.41. The van der Waals surface area contributed by atoms with Crippen molar-refractivity contribution in [3.05, 3.63) is 46.1 Å². The van der Waals surface area contributed by atoms with Crippen LogP contribution < -0.4 is 5.56 Å². The fourth-order valence-electron chi connectivity index (χ4n) is 4.98. The van der Waals surface area contributed by atoms with Gasteiger partial charge in [0, 0.05) is 25.2 Å². The molecule has 3 aliphatic rings. The van der Waals surface area contributed by atoms with Crippen molar-refractivity contribution in [2.24, 2.45) is 11.8 Å². The number of aliphatic hydroxyl groups is 1. The van der Waals surface area contributed by atoms with E-state index in [9.17, 15) is 27.9 Å². The van der Waals surface area contributed by atoms with Crippen LogP contribution in [0, 0.1) is 18.8 Å². The minimum atomic E-state index is -4.75. The molecule has 0 radical (unpaired) electrons. The molecule has 0 spiro atoms. The third-order valence-corrected chi connectivity index (χ3v) is 6.73. The first kappa shape index (κ1) is 20.7. The van der Waals surface area contributed by atoms with E-state index in [1.165, 1.54) is 20.3 Å². The quantitative estimate of drug-likeness (QED) is 0.618. The minimum Gasteiger partial charge on any atom is -0.380 e. The van der Waals surface area contributed by atoms with Gasteiger partial charge in [-0.1, -0.05) is 0 Å². The molecule has 3 fully saturated rings. The number of amides is 1. The Balaban J connectivity index is 1.46. The second-order valence-electron chi connectivity index (χ2n) is 8.65. The number of rotatable bonds is 2. The topological polar surface area (TPSA) is 109 Å². The highest BCUT2D eigenvalue weighted by Gasteiger charge is 2.62. The molecule has 2 aliphatic heterocycles. The van der Waals surface area contributed by atoms with E-state index in [1.807, 2.05) is 0 Å². The summed E-state index contributed by atoms with van der Waals surface area (Å²) in [7, 11) is 0. The van der Waals surface area contributed by atoms with Crippen LogP contribution in [0.2, 0.25) is 0 Å². The van der Waals surface area contributed by atoms with Crippen molar-refractivity contribution >= 4 is 11.4 Å². The van der Waals surface area contributed by atoms with Crippen LogP contribution in [0.15, 0.2) is 29.3 Å². The number of hydrogen-bond acceptors (Lipinski definition) is 5. The molecule has 1 saturated carbocycles. The van der Waals surface area contributed by atoms with Gasteiger partial charge in [0.2, 0.25) is 5.95 Å².